The number of anilines is 1. The van der Waals surface area contributed by atoms with Crippen molar-refractivity contribution in [2.75, 3.05) is 19.3 Å². The highest BCUT2D eigenvalue weighted by Crippen LogP contribution is 2.06. The van der Waals surface area contributed by atoms with Crippen LogP contribution in [-0.2, 0) is 13.6 Å². The van der Waals surface area contributed by atoms with Gasteiger partial charge in [0.05, 0.1) is 5.69 Å². The summed E-state index contributed by atoms with van der Waals surface area (Å²) in [7, 11) is 3.98. The smallest absolute Gasteiger partial charge is 0.145 e. The SMILES string of the molecule is CCN(C)Cc1cc(N)nn1C. The summed E-state index contributed by atoms with van der Waals surface area (Å²) < 4.78 is 1.82. The topological polar surface area (TPSA) is 47.1 Å². The molecule has 0 atom stereocenters. The minimum absolute atomic E-state index is 0.594. The number of nitrogen functional groups attached to an aromatic ring is 1. The second-order valence-electron chi connectivity index (χ2n) is 3.01. The minimum atomic E-state index is 0.594. The normalized spacial score (nSPS) is 11.0. The molecule has 0 saturated carbocycles. The molecule has 0 unspecified atom stereocenters. The van der Waals surface area contributed by atoms with E-state index in [1.54, 1.807) is 0 Å². The van der Waals surface area contributed by atoms with E-state index in [-0.39, 0.29) is 0 Å². The molecule has 1 heterocycles. The van der Waals surface area contributed by atoms with Crippen molar-refractivity contribution in [3.8, 4) is 0 Å². The number of hydrogen-bond donors (Lipinski definition) is 1. The molecule has 12 heavy (non-hydrogen) atoms. The first-order valence-electron chi connectivity index (χ1n) is 4.10. The van der Waals surface area contributed by atoms with Gasteiger partial charge in [-0.25, -0.2) is 0 Å². The number of hydrogen-bond acceptors (Lipinski definition) is 3. The first-order valence-corrected chi connectivity index (χ1v) is 4.10. The molecule has 0 saturated heterocycles. The maximum absolute atomic E-state index is 5.55. The van der Waals surface area contributed by atoms with E-state index in [1.165, 1.54) is 0 Å². The molecule has 4 heteroatoms. The molecule has 68 valence electrons. The third-order valence-corrected chi connectivity index (χ3v) is 1.97. The molecule has 0 spiro atoms. The Kier molecular flexibility index (Phi) is 2.70. The summed E-state index contributed by atoms with van der Waals surface area (Å²) in [6.07, 6.45) is 0. The zero-order valence-corrected chi connectivity index (χ0v) is 7.91. The first-order chi connectivity index (χ1) is 5.63. The maximum atomic E-state index is 5.55. The summed E-state index contributed by atoms with van der Waals surface area (Å²) in [5.41, 5.74) is 6.70. The third kappa shape index (κ3) is 1.98. The average Bonchev–Trinajstić information content (AvgIpc) is 2.30. The molecule has 0 aliphatic heterocycles. The van der Waals surface area contributed by atoms with Gasteiger partial charge in [-0.15, -0.1) is 0 Å². The highest BCUT2D eigenvalue weighted by atomic mass is 15.3. The molecule has 1 aromatic rings. The fourth-order valence-electron chi connectivity index (χ4n) is 1.07. The van der Waals surface area contributed by atoms with Crippen molar-refractivity contribution >= 4 is 5.82 Å². The number of nitrogens with two attached hydrogens (primary N) is 1. The van der Waals surface area contributed by atoms with Gasteiger partial charge in [-0.2, -0.15) is 5.10 Å². The Labute approximate surface area is 73.0 Å². The van der Waals surface area contributed by atoms with Crippen LogP contribution in [0.5, 0.6) is 0 Å². The van der Waals surface area contributed by atoms with E-state index in [9.17, 15) is 0 Å². The lowest BCUT2D eigenvalue weighted by Crippen LogP contribution is -2.18. The molecule has 0 fully saturated rings. The van der Waals surface area contributed by atoms with Crippen LogP contribution in [0.25, 0.3) is 0 Å². The van der Waals surface area contributed by atoms with Gasteiger partial charge in [-0.1, -0.05) is 6.92 Å². The Morgan fingerprint density at radius 1 is 1.67 bits per heavy atom. The van der Waals surface area contributed by atoms with E-state index in [1.807, 2.05) is 17.8 Å². The zero-order chi connectivity index (χ0) is 9.14. The first kappa shape index (κ1) is 9.06. The molecule has 0 aliphatic carbocycles. The molecule has 1 rings (SSSR count). The molecule has 0 amide bonds. The summed E-state index contributed by atoms with van der Waals surface area (Å²) in [5.74, 6) is 0.594. The van der Waals surface area contributed by atoms with Crippen LogP contribution >= 0.6 is 0 Å². The number of aryl methyl sites for hydroxylation is 1. The predicted octanol–water partition coefficient (Wildman–Crippen LogP) is 0.454. The fraction of sp³-hybridized carbons (Fsp3) is 0.625. The average molecular weight is 168 g/mol. The van der Waals surface area contributed by atoms with Gasteiger partial charge in [0.2, 0.25) is 0 Å². The van der Waals surface area contributed by atoms with Gasteiger partial charge in [-0.05, 0) is 13.6 Å². The van der Waals surface area contributed by atoms with Gasteiger partial charge in [0.1, 0.15) is 5.82 Å². The van der Waals surface area contributed by atoms with Crippen molar-refractivity contribution < 1.29 is 0 Å². The Bertz CT molecular complexity index is 254. The zero-order valence-electron chi connectivity index (χ0n) is 7.91. The van der Waals surface area contributed by atoms with E-state index in [0.717, 1.165) is 18.8 Å². The molecular formula is C8H16N4. The molecule has 0 aliphatic rings. The van der Waals surface area contributed by atoms with Gasteiger partial charge in [0, 0.05) is 19.7 Å². The quantitative estimate of drug-likeness (QED) is 0.713. The van der Waals surface area contributed by atoms with E-state index < -0.39 is 0 Å². The van der Waals surface area contributed by atoms with Crippen LogP contribution in [0, 0.1) is 0 Å². The van der Waals surface area contributed by atoms with Gasteiger partial charge >= 0.3 is 0 Å². The van der Waals surface area contributed by atoms with E-state index in [0.29, 0.717) is 5.82 Å². The van der Waals surface area contributed by atoms with E-state index in [4.69, 9.17) is 5.73 Å². The fourth-order valence-corrected chi connectivity index (χ4v) is 1.07. The van der Waals surface area contributed by atoms with Crippen LogP contribution in [-0.4, -0.2) is 28.3 Å². The van der Waals surface area contributed by atoms with Crippen LogP contribution in [0.2, 0.25) is 0 Å². The second kappa shape index (κ2) is 3.58. The Morgan fingerprint density at radius 3 is 2.75 bits per heavy atom. The lowest BCUT2D eigenvalue weighted by atomic mass is 10.4. The number of rotatable bonds is 3. The van der Waals surface area contributed by atoms with Crippen molar-refractivity contribution in [1.82, 2.24) is 14.7 Å². The number of aromatic nitrogens is 2. The summed E-state index contributed by atoms with van der Waals surface area (Å²) >= 11 is 0. The van der Waals surface area contributed by atoms with Crippen LogP contribution in [0.4, 0.5) is 5.82 Å². The van der Waals surface area contributed by atoms with Crippen LogP contribution in [0.3, 0.4) is 0 Å². The highest BCUT2D eigenvalue weighted by molar-refractivity contribution is 5.29. The Balaban J connectivity index is 2.68. The van der Waals surface area contributed by atoms with Crippen LogP contribution in [0.1, 0.15) is 12.6 Å². The summed E-state index contributed by atoms with van der Waals surface area (Å²) in [6.45, 7) is 4.06. The molecule has 0 aromatic carbocycles. The van der Waals surface area contributed by atoms with Crippen molar-refractivity contribution in [1.29, 1.82) is 0 Å². The van der Waals surface area contributed by atoms with Crippen molar-refractivity contribution in [2.45, 2.75) is 13.5 Å². The lowest BCUT2D eigenvalue weighted by molar-refractivity contribution is 0.335. The van der Waals surface area contributed by atoms with Gasteiger partial charge in [-0.3, -0.25) is 4.68 Å². The second-order valence-corrected chi connectivity index (χ2v) is 3.01. The predicted molar refractivity (Wildman–Crippen MR) is 49.6 cm³/mol. The minimum Gasteiger partial charge on any atom is -0.382 e. The van der Waals surface area contributed by atoms with Crippen molar-refractivity contribution in [3.05, 3.63) is 11.8 Å². The Morgan fingerprint density at radius 2 is 2.33 bits per heavy atom. The summed E-state index contributed by atoms with van der Waals surface area (Å²) in [5, 5.41) is 4.07. The van der Waals surface area contributed by atoms with Gasteiger partial charge < -0.3 is 10.6 Å². The highest BCUT2D eigenvalue weighted by Gasteiger charge is 2.03. The summed E-state index contributed by atoms with van der Waals surface area (Å²) in [6, 6.07) is 1.91. The molecule has 2 N–H and O–H groups in total. The van der Waals surface area contributed by atoms with Gasteiger partial charge in [0.15, 0.2) is 0 Å². The standard InChI is InChI=1S/C8H16N4/c1-4-11(2)6-7-5-8(9)10-12(7)3/h5H,4,6H2,1-3H3,(H2,9,10). The monoisotopic (exact) mass is 168 g/mol. The van der Waals surface area contributed by atoms with E-state index in [2.05, 4.69) is 24.0 Å². The third-order valence-electron chi connectivity index (χ3n) is 1.97. The van der Waals surface area contributed by atoms with Gasteiger partial charge in [0.25, 0.3) is 0 Å². The summed E-state index contributed by atoms with van der Waals surface area (Å²) in [4.78, 5) is 2.20. The van der Waals surface area contributed by atoms with E-state index >= 15 is 0 Å². The van der Waals surface area contributed by atoms with Crippen LogP contribution in [0.15, 0.2) is 6.07 Å². The van der Waals surface area contributed by atoms with Crippen LogP contribution < -0.4 is 5.73 Å². The van der Waals surface area contributed by atoms with Crippen molar-refractivity contribution in [3.63, 3.8) is 0 Å². The molecule has 0 radical (unpaired) electrons. The molecular weight excluding hydrogens is 152 g/mol. The number of nitrogens with zero attached hydrogens (tertiary/aromatic N) is 3. The Hall–Kier alpha value is -1.03. The maximum Gasteiger partial charge on any atom is 0.145 e. The lowest BCUT2D eigenvalue weighted by Gasteiger charge is -2.12. The molecule has 0 bridgehead atoms. The molecule has 1 aromatic heterocycles. The van der Waals surface area contributed by atoms with Crippen molar-refractivity contribution in [2.24, 2.45) is 7.05 Å². The molecule has 4 nitrogen and oxygen atoms in total. The largest absolute Gasteiger partial charge is 0.382 e.